The van der Waals surface area contributed by atoms with Crippen LogP contribution in [-0.2, 0) is 0 Å². The highest BCUT2D eigenvalue weighted by atomic mass is 16.5. The molecule has 0 aliphatic carbocycles. The Morgan fingerprint density at radius 2 is 1.82 bits per heavy atom. The third-order valence-corrected chi connectivity index (χ3v) is 2.72. The quantitative estimate of drug-likeness (QED) is 0.610. The van der Waals surface area contributed by atoms with Gasteiger partial charge in [-0.25, -0.2) is 0 Å². The molecule has 0 amide bonds. The van der Waals surface area contributed by atoms with E-state index >= 15 is 0 Å². The molecule has 3 heteroatoms. The summed E-state index contributed by atoms with van der Waals surface area (Å²) in [6.45, 7) is 9.36. The van der Waals surface area contributed by atoms with Gasteiger partial charge in [-0.05, 0) is 29.5 Å². The van der Waals surface area contributed by atoms with Crippen molar-refractivity contribution in [3.63, 3.8) is 0 Å². The lowest BCUT2D eigenvalue weighted by Crippen LogP contribution is -2.36. The van der Waals surface area contributed by atoms with E-state index in [4.69, 9.17) is 10.6 Å². The second-order valence-corrected chi connectivity index (χ2v) is 5.38. The number of hydrogen-bond acceptors (Lipinski definition) is 3. The SMILES string of the molecule is CCCOc1ccc(C(NN)C(C)(C)C)cc1. The molecule has 1 aromatic rings. The molecule has 0 fully saturated rings. The second kappa shape index (κ2) is 6.03. The summed E-state index contributed by atoms with van der Waals surface area (Å²) >= 11 is 0. The smallest absolute Gasteiger partial charge is 0.119 e. The first kappa shape index (κ1) is 14.0. The zero-order chi connectivity index (χ0) is 12.9. The van der Waals surface area contributed by atoms with Gasteiger partial charge < -0.3 is 4.74 Å². The fourth-order valence-corrected chi connectivity index (χ4v) is 1.82. The fraction of sp³-hybridized carbons (Fsp3) is 0.571. The summed E-state index contributed by atoms with van der Waals surface area (Å²) in [5, 5.41) is 0. The van der Waals surface area contributed by atoms with Crippen LogP contribution >= 0.6 is 0 Å². The summed E-state index contributed by atoms with van der Waals surface area (Å²) in [7, 11) is 0. The molecule has 0 bridgehead atoms. The molecule has 0 spiro atoms. The van der Waals surface area contributed by atoms with Crippen molar-refractivity contribution in [1.29, 1.82) is 0 Å². The van der Waals surface area contributed by atoms with Gasteiger partial charge >= 0.3 is 0 Å². The molecule has 1 aromatic carbocycles. The highest BCUT2D eigenvalue weighted by Crippen LogP contribution is 2.32. The highest BCUT2D eigenvalue weighted by molar-refractivity contribution is 5.30. The number of nitrogens with two attached hydrogens (primary N) is 1. The van der Waals surface area contributed by atoms with E-state index in [1.54, 1.807) is 0 Å². The number of rotatable bonds is 5. The Labute approximate surface area is 104 Å². The number of hydrogen-bond donors (Lipinski definition) is 2. The Morgan fingerprint density at radius 1 is 1.24 bits per heavy atom. The summed E-state index contributed by atoms with van der Waals surface area (Å²) in [5.41, 5.74) is 4.15. The number of ether oxygens (including phenoxy) is 1. The van der Waals surface area contributed by atoms with Gasteiger partial charge in [0, 0.05) is 0 Å². The van der Waals surface area contributed by atoms with Crippen molar-refractivity contribution in [3.05, 3.63) is 29.8 Å². The van der Waals surface area contributed by atoms with Gasteiger partial charge in [0.25, 0.3) is 0 Å². The molecule has 0 heterocycles. The van der Waals surface area contributed by atoms with Crippen LogP contribution < -0.4 is 16.0 Å². The number of benzene rings is 1. The first-order valence-corrected chi connectivity index (χ1v) is 6.18. The Balaban J connectivity index is 2.78. The van der Waals surface area contributed by atoms with Gasteiger partial charge in [0.2, 0.25) is 0 Å². The van der Waals surface area contributed by atoms with Crippen molar-refractivity contribution in [2.24, 2.45) is 11.3 Å². The molecule has 3 nitrogen and oxygen atoms in total. The van der Waals surface area contributed by atoms with Crippen molar-refractivity contribution in [2.75, 3.05) is 6.61 Å². The van der Waals surface area contributed by atoms with Gasteiger partial charge in [-0.15, -0.1) is 0 Å². The van der Waals surface area contributed by atoms with E-state index in [1.807, 2.05) is 12.1 Å². The Morgan fingerprint density at radius 3 is 2.24 bits per heavy atom. The Hall–Kier alpha value is -1.06. The largest absolute Gasteiger partial charge is 0.494 e. The van der Waals surface area contributed by atoms with Crippen LogP contribution in [0, 0.1) is 5.41 Å². The van der Waals surface area contributed by atoms with E-state index in [1.165, 1.54) is 5.56 Å². The standard InChI is InChI=1S/C14H24N2O/c1-5-10-17-12-8-6-11(7-9-12)13(16-15)14(2,3)4/h6-9,13,16H,5,10,15H2,1-4H3. The van der Waals surface area contributed by atoms with Crippen LogP contribution in [-0.4, -0.2) is 6.61 Å². The van der Waals surface area contributed by atoms with Crippen LogP contribution in [0.1, 0.15) is 45.7 Å². The number of nitrogens with one attached hydrogen (secondary N) is 1. The molecule has 0 radical (unpaired) electrons. The van der Waals surface area contributed by atoms with Crippen molar-refractivity contribution in [3.8, 4) is 5.75 Å². The lowest BCUT2D eigenvalue weighted by atomic mass is 9.83. The average molecular weight is 236 g/mol. The zero-order valence-electron chi connectivity index (χ0n) is 11.3. The molecule has 0 aliphatic heterocycles. The van der Waals surface area contributed by atoms with Crippen molar-refractivity contribution >= 4 is 0 Å². The molecule has 0 aliphatic rings. The fourth-order valence-electron chi connectivity index (χ4n) is 1.82. The summed E-state index contributed by atoms with van der Waals surface area (Å²) in [4.78, 5) is 0. The van der Waals surface area contributed by atoms with Crippen molar-refractivity contribution in [2.45, 2.75) is 40.2 Å². The Kier molecular flexibility index (Phi) is 4.97. The van der Waals surface area contributed by atoms with E-state index in [0.717, 1.165) is 18.8 Å². The van der Waals surface area contributed by atoms with Crippen LogP contribution in [0.2, 0.25) is 0 Å². The molecule has 0 aromatic heterocycles. The van der Waals surface area contributed by atoms with Gasteiger partial charge in [0.15, 0.2) is 0 Å². The van der Waals surface area contributed by atoms with Crippen LogP contribution in [0.25, 0.3) is 0 Å². The minimum Gasteiger partial charge on any atom is -0.494 e. The molecular weight excluding hydrogens is 212 g/mol. The van der Waals surface area contributed by atoms with Gasteiger partial charge in [-0.3, -0.25) is 11.3 Å². The van der Waals surface area contributed by atoms with Gasteiger partial charge in [-0.1, -0.05) is 39.8 Å². The maximum Gasteiger partial charge on any atom is 0.119 e. The summed E-state index contributed by atoms with van der Waals surface area (Å²) in [5.74, 6) is 6.54. The number of hydrazine groups is 1. The minimum atomic E-state index is 0.0839. The van der Waals surface area contributed by atoms with Crippen molar-refractivity contribution < 1.29 is 4.74 Å². The first-order chi connectivity index (χ1) is 7.99. The molecule has 17 heavy (non-hydrogen) atoms. The first-order valence-electron chi connectivity index (χ1n) is 6.18. The molecule has 1 atom stereocenters. The van der Waals surface area contributed by atoms with E-state index in [9.17, 15) is 0 Å². The second-order valence-electron chi connectivity index (χ2n) is 5.38. The topological polar surface area (TPSA) is 47.3 Å². The van der Waals surface area contributed by atoms with Gasteiger partial charge in [-0.2, -0.15) is 0 Å². The van der Waals surface area contributed by atoms with Crippen LogP contribution in [0.15, 0.2) is 24.3 Å². The van der Waals surface area contributed by atoms with Crippen LogP contribution in [0.3, 0.4) is 0 Å². The molecule has 3 N–H and O–H groups in total. The van der Waals surface area contributed by atoms with Crippen LogP contribution in [0.5, 0.6) is 5.75 Å². The summed E-state index contributed by atoms with van der Waals surface area (Å²) < 4.78 is 5.56. The molecule has 1 rings (SSSR count). The normalized spacial score (nSPS) is 13.5. The highest BCUT2D eigenvalue weighted by Gasteiger charge is 2.24. The lowest BCUT2D eigenvalue weighted by Gasteiger charge is -2.30. The van der Waals surface area contributed by atoms with Gasteiger partial charge in [0.1, 0.15) is 5.75 Å². The van der Waals surface area contributed by atoms with Crippen LogP contribution in [0.4, 0.5) is 0 Å². The monoisotopic (exact) mass is 236 g/mol. The predicted molar refractivity (Wildman–Crippen MR) is 71.7 cm³/mol. The minimum absolute atomic E-state index is 0.0839. The maximum absolute atomic E-state index is 5.63. The third kappa shape index (κ3) is 4.02. The zero-order valence-corrected chi connectivity index (χ0v) is 11.3. The summed E-state index contributed by atoms with van der Waals surface area (Å²) in [6, 6.07) is 8.28. The molecule has 96 valence electrons. The van der Waals surface area contributed by atoms with E-state index in [0.29, 0.717) is 0 Å². The van der Waals surface area contributed by atoms with E-state index in [-0.39, 0.29) is 11.5 Å². The third-order valence-electron chi connectivity index (χ3n) is 2.72. The van der Waals surface area contributed by atoms with Gasteiger partial charge in [0.05, 0.1) is 12.6 Å². The molecular formula is C14H24N2O. The van der Waals surface area contributed by atoms with E-state index in [2.05, 4.69) is 45.3 Å². The molecule has 0 saturated heterocycles. The average Bonchev–Trinajstić information content (AvgIpc) is 2.27. The maximum atomic E-state index is 5.63. The van der Waals surface area contributed by atoms with E-state index < -0.39 is 0 Å². The molecule has 0 saturated carbocycles. The lowest BCUT2D eigenvalue weighted by molar-refractivity contribution is 0.275. The van der Waals surface area contributed by atoms with Crippen molar-refractivity contribution in [1.82, 2.24) is 5.43 Å². The predicted octanol–water partition coefficient (Wildman–Crippen LogP) is 3.03. The molecule has 1 unspecified atom stereocenters. The Bertz CT molecular complexity index is 327. The summed E-state index contributed by atoms with van der Waals surface area (Å²) in [6.07, 6.45) is 1.02.